The fourth-order valence-corrected chi connectivity index (χ4v) is 0.489. The largest absolute Gasteiger partial charge is 0.477 e. The second-order valence-electron chi connectivity index (χ2n) is 1.52. The van der Waals surface area contributed by atoms with Gasteiger partial charge in [-0.3, -0.25) is 0 Å². The van der Waals surface area contributed by atoms with Crippen LogP contribution in [0.25, 0.3) is 0 Å². The third-order valence-electron chi connectivity index (χ3n) is 0.884. The predicted octanol–water partition coefficient (Wildman–Crippen LogP) is 0.399. The number of hydrogen-bond acceptors (Lipinski definition) is 2. The molecule has 1 N–H and O–H groups in total. The SMILES string of the molecule is O=C(O)c1ccccn1.[Li]. The van der Waals surface area contributed by atoms with Gasteiger partial charge in [-0.15, -0.1) is 0 Å². The fourth-order valence-electron chi connectivity index (χ4n) is 0.489. The summed E-state index contributed by atoms with van der Waals surface area (Å²) < 4.78 is 0. The van der Waals surface area contributed by atoms with Crippen LogP contribution in [0.3, 0.4) is 0 Å². The maximum atomic E-state index is 10.1. The molecule has 1 aromatic rings. The number of aromatic nitrogens is 1. The van der Waals surface area contributed by atoms with Crippen LogP contribution >= 0.6 is 0 Å². The Morgan fingerprint density at radius 1 is 1.50 bits per heavy atom. The number of carboxylic acids is 1. The van der Waals surface area contributed by atoms with E-state index in [2.05, 4.69) is 4.98 Å². The fraction of sp³-hybridized carbons (Fsp3) is 0. The second kappa shape index (κ2) is 4.10. The Kier molecular flexibility index (Phi) is 3.78. The van der Waals surface area contributed by atoms with Gasteiger partial charge < -0.3 is 5.11 Å². The number of hydrogen-bond donors (Lipinski definition) is 1. The van der Waals surface area contributed by atoms with Gasteiger partial charge in [0.15, 0.2) is 0 Å². The van der Waals surface area contributed by atoms with E-state index in [0.717, 1.165) is 0 Å². The van der Waals surface area contributed by atoms with Gasteiger partial charge in [0.1, 0.15) is 5.69 Å². The molecule has 47 valence electrons. The molecule has 1 radical (unpaired) electrons. The van der Waals surface area contributed by atoms with E-state index < -0.39 is 5.97 Å². The van der Waals surface area contributed by atoms with Crippen molar-refractivity contribution in [3.8, 4) is 0 Å². The maximum absolute atomic E-state index is 10.1. The molecule has 0 aliphatic rings. The number of carbonyl (C=O) groups is 1. The van der Waals surface area contributed by atoms with Gasteiger partial charge in [-0.25, -0.2) is 9.78 Å². The Bertz CT molecular complexity index is 212. The first-order valence-corrected chi connectivity index (χ1v) is 2.45. The summed E-state index contributed by atoms with van der Waals surface area (Å²) in [5, 5.41) is 8.32. The van der Waals surface area contributed by atoms with Crippen molar-refractivity contribution in [1.29, 1.82) is 0 Å². The first-order valence-electron chi connectivity index (χ1n) is 2.45. The Hall–Kier alpha value is -0.783. The molecule has 0 spiro atoms. The summed E-state index contributed by atoms with van der Waals surface area (Å²) in [4.78, 5) is 13.7. The molecule has 0 aliphatic heterocycles. The monoisotopic (exact) mass is 130 g/mol. The Labute approximate surface area is 70.3 Å². The normalized spacial score (nSPS) is 8.00. The van der Waals surface area contributed by atoms with Crippen molar-refractivity contribution in [2.24, 2.45) is 0 Å². The number of aromatic carboxylic acids is 1. The zero-order valence-electron chi connectivity index (χ0n) is 5.61. The summed E-state index contributed by atoms with van der Waals surface area (Å²) in [5.74, 6) is -0.990. The van der Waals surface area contributed by atoms with Gasteiger partial charge in [0, 0.05) is 25.1 Å². The molecule has 10 heavy (non-hydrogen) atoms. The van der Waals surface area contributed by atoms with Crippen molar-refractivity contribution >= 4 is 24.8 Å². The first-order chi connectivity index (χ1) is 4.30. The van der Waals surface area contributed by atoms with Gasteiger partial charge in [-0.1, -0.05) is 6.07 Å². The first kappa shape index (κ1) is 9.22. The molecule has 0 unspecified atom stereocenters. The van der Waals surface area contributed by atoms with Crippen molar-refractivity contribution in [2.45, 2.75) is 0 Å². The van der Waals surface area contributed by atoms with E-state index in [0.29, 0.717) is 0 Å². The molecule has 0 aliphatic carbocycles. The molecule has 1 aromatic heterocycles. The Morgan fingerprint density at radius 3 is 2.50 bits per heavy atom. The van der Waals surface area contributed by atoms with Crippen molar-refractivity contribution < 1.29 is 9.90 Å². The Balaban J connectivity index is 0.000000810. The molecule has 0 aromatic carbocycles. The molecule has 1 heterocycles. The van der Waals surface area contributed by atoms with Gasteiger partial charge in [-0.05, 0) is 12.1 Å². The van der Waals surface area contributed by atoms with Crippen LogP contribution in [0, 0.1) is 0 Å². The zero-order chi connectivity index (χ0) is 6.69. The van der Waals surface area contributed by atoms with Crippen molar-refractivity contribution in [1.82, 2.24) is 4.98 Å². The predicted molar refractivity (Wildman–Crippen MR) is 37.0 cm³/mol. The van der Waals surface area contributed by atoms with Crippen LogP contribution in [0.5, 0.6) is 0 Å². The number of carboxylic acid groups (broad SMARTS) is 1. The van der Waals surface area contributed by atoms with E-state index in [1.54, 1.807) is 12.1 Å². The van der Waals surface area contributed by atoms with E-state index in [1.807, 2.05) is 0 Å². The van der Waals surface area contributed by atoms with E-state index in [9.17, 15) is 4.79 Å². The molecule has 0 atom stereocenters. The molecule has 3 nitrogen and oxygen atoms in total. The van der Waals surface area contributed by atoms with Gasteiger partial charge >= 0.3 is 5.97 Å². The van der Waals surface area contributed by atoms with Crippen molar-refractivity contribution in [3.05, 3.63) is 30.1 Å². The molecule has 0 saturated carbocycles. The molecule has 1 rings (SSSR count). The minimum Gasteiger partial charge on any atom is -0.477 e. The summed E-state index contributed by atoms with van der Waals surface area (Å²) in [7, 11) is 0. The maximum Gasteiger partial charge on any atom is 0.354 e. The molecule has 0 bridgehead atoms. The molecule has 0 fully saturated rings. The summed E-state index contributed by atoms with van der Waals surface area (Å²) in [6.07, 6.45) is 1.45. The van der Waals surface area contributed by atoms with Crippen LogP contribution in [0.2, 0.25) is 0 Å². The van der Waals surface area contributed by atoms with Crippen LogP contribution in [0.1, 0.15) is 10.5 Å². The van der Waals surface area contributed by atoms with E-state index in [-0.39, 0.29) is 24.6 Å². The number of rotatable bonds is 1. The smallest absolute Gasteiger partial charge is 0.354 e. The van der Waals surface area contributed by atoms with Crippen molar-refractivity contribution in [3.63, 3.8) is 0 Å². The molecule has 0 amide bonds. The van der Waals surface area contributed by atoms with Crippen molar-refractivity contribution in [2.75, 3.05) is 0 Å². The van der Waals surface area contributed by atoms with Crippen LogP contribution in [-0.4, -0.2) is 34.9 Å². The number of nitrogens with zero attached hydrogens (tertiary/aromatic N) is 1. The van der Waals surface area contributed by atoms with E-state index in [1.165, 1.54) is 12.3 Å². The number of pyridine rings is 1. The molecule has 4 heteroatoms. The van der Waals surface area contributed by atoms with Crippen LogP contribution < -0.4 is 0 Å². The van der Waals surface area contributed by atoms with Gasteiger partial charge in [0.2, 0.25) is 0 Å². The topological polar surface area (TPSA) is 50.2 Å². The zero-order valence-corrected chi connectivity index (χ0v) is 5.61. The third kappa shape index (κ3) is 2.22. The minimum atomic E-state index is -0.990. The van der Waals surface area contributed by atoms with E-state index >= 15 is 0 Å². The molecule has 0 saturated heterocycles. The van der Waals surface area contributed by atoms with Gasteiger partial charge in [0.25, 0.3) is 0 Å². The molecular formula is C6H5LiNO2. The third-order valence-corrected chi connectivity index (χ3v) is 0.884. The van der Waals surface area contributed by atoms with E-state index in [4.69, 9.17) is 5.11 Å². The van der Waals surface area contributed by atoms with Crippen LogP contribution in [-0.2, 0) is 0 Å². The van der Waals surface area contributed by atoms with Crippen LogP contribution in [0.4, 0.5) is 0 Å². The Morgan fingerprint density at radius 2 is 2.20 bits per heavy atom. The second-order valence-corrected chi connectivity index (χ2v) is 1.52. The van der Waals surface area contributed by atoms with Gasteiger partial charge in [0.05, 0.1) is 0 Å². The average molecular weight is 130 g/mol. The summed E-state index contributed by atoms with van der Waals surface area (Å²) in [5.41, 5.74) is 0.0810. The summed E-state index contributed by atoms with van der Waals surface area (Å²) in [6.45, 7) is 0. The average Bonchev–Trinajstić information content (AvgIpc) is 1.90. The summed E-state index contributed by atoms with van der Waals surface area (Å²) >= 11 is 0. The van der Waals surface area contributed by atoms with Gasteiger partial charge in [-0.2, -0.15) is 0 Å². The molecular weight excluding hydrogens is 125 g/mol. The van der Waals surface area contributed by atoms with Crippen LogP contribution in [0.15, 0.2) is 24.4 Å². The summed E-state index contributed by atoms with van der Waals surface area (Å²) in [6, 6.07) is 4.76. The minimum absolute atomic E-state index is 0. The standard InChI is InChI=1S/C6H5NO2.Li/c8-6(9)5-3-1-2-4-7-5;/h1-4H,(H,8,9);. The quantitative estimate of drug-likeness (QED) is 0.559.